The molecule has 1 aromatic carbocycles. The molecule has 1 aromatic heterocycles. The Hall–Kier alpha value is -1.13. The summed E-state index contributed by atoms with van der Waals surface area (Å²) in [5.74, 6) is 0.192. The molecular formula is C16H18BrNOS. The smallest absolute Gasteiger partial charge is 0.222 e. The summed E-state index contributed by atoms with van der Waals surface area (Å²) in [6.07, 6.45) is 1.37. The molecule has 4 heteroatoms. The molecule has 0 aliphatic heterocycles. The maximum atomic E-state index is 12.2. The molecular weight excluding hydrogens is 334 g/mol. The van der Waals surface area contributed by atoms with Crippen molar-refractivity contribution in [3.05, 3.63) is 56.2 Å². The second-order valence-corrected chi connectivity index (χ2v) is 6.82. The Kier molecular flexibility index (Phi) is 5.38. The molecule has 1 amide bonds. The number of hydrogen-bond acceptors (Lipinski definition) is 2. The van der Waals surface area contributed by atoms with Crippen molar-refractivity contribution in [2.75, 3.05) is 7.05 Å². The third-order valence-electron chi connectivity index (χ3n) is 3.31. The SMILES string of the molecule is Cc1ccccc1CCC(=O)N(C)Cc1cc(Br)cs1. The number of benzene rings is 1. The number of carbonyl (C=O) groups is 1. The van der Waals surface area contributed by atoms with Gasteiger partial charge in [-0.3, -0.25) is 4.79 Å². The first-order valence-corrected chi connectivity index (χ1v) is 8.25. The van der Waals surface area contributed by atoms with Crippen molar-refractivity contribution in [1.29, 1.82) is 0 Å². The van der Waals surface area contributed by atoms with Crippen LogP contribution in [0.15, 0.2) is 40.2 Å². The zero-order valence-electron chi connectivity index (χ0n) is 11.7. The average molecular weight is 352 g/mol. The number of halogens is 1. The lowest BCUT2D eigenvalue weighted by Gasteiger charge is -2.16. The zero-order chi connectivity index (χ0) is 14.5. The third kappa shape index (κ3) is 4.18. The highest BCUT2D eigenvalue weighted by atomic mass is 79.9. The summed E-state index contributed by atoms with van der Waals surface area (Å²) >= 11 is 5.11. The summed E-state index contributed by atoms with van der Waals surface area (Å²) in [4.78, 5) is 15.2. The van der Waals surface area contributed by atoms with Gasteiger partial charge in [-0.15, -0.1) is 11.3 Å². The van der Waals surface area contributed by atoms with Crippen molar-refractivity contribution in [3.63, 3.8) is 0 Å². The summed E-state index contributed by atoms with van der Waals surface area (Å²) in [6, 6.07) is 10.3. The van der Waals surface area contributed by atoms with E-state index < -0.39 is 0 Å². The fraction of sp³-hybridized carbons (Fsp3) is 0.312. The summed E-state index contributed by atoms with van der Waals surface area (Å²) in [6.45, 7) is 2.77. The number of aryl methyl sites for hydroxylation is 2. The summed E-state index contributed by atoms with van der Waals surface area (Å²) in [5.41, 5.74) is 2.51. The Labute approximate surface area is 132 Å². The molecule has 1 heterocycles. The van der Waals surface area contributed by atoms with Gasteiger partial charge in [-0.25, -0.2) is 0 Å². The number of carbonyl (C=O) groups excluding carboxylic acids is 1. The first kappa shape index (κ1) is 15.3. The minimum absolute atomic E-state index is 0.192. The van der Waals surface area contributed by atoms with Crippen LogP contribution < -0.4 is 0 Å². The van der Waals surface area contributed by atoms with Crippen LogP contribution in [0, 0.1) is 6.92 Å². The molecule has 106 valence electrons. The lowest BCUT2D eigenvalue weighted by atomic mass is 10.0. The van der Waals surface area contributed by atoms with Gasteiger partial charge >= 0.3 is 0 Å². The highest BCUT2D eigenvalue weighted by Gasteiger charge is 2.11. The third-order valence-corrected chi connectivity index (χ3v) is 4.99. The molecule has 0 fully saturated rings. The second kappa shape index (κ2) is 7.04. The molecule has 2 aromatic rings. The van der Waals surface area contributed by atoms with E-state index in [1.165, 1.54) is 16.0 Å². The van der Waals surface area contributed by atoms with Crippen LogP contribution in [0.4, 0.5) is 0 Å². The molecule has 20 heavy (non-hydrogen) atoms. The monoisotopic (exact) mass is 351 g/mol. The van der Waals surface area contributed by atoms with E-state index in [9.17, 15) is 4.79 Å². The van der Waals surface area contributed by atoms with Gasteiger partial charge in [0, 0.05) is 28.2 Å². The van der Waals surface area contributed by atoms with E-state index >= 15 is 0 Å². The predicted octanol–water partition coefficient (Wildman–Crippen LogP) is 4.41. The Morgan fingerprint density at radius 1 is 1.35 bits per heavy atom. The summed E-state index contributed by atoms with van der Waals surface area (Å²) < 4.78 is 1.08. The zero-order valence-corrected chi connectivity index (χ0v) is 14.1. The summed E-state index contributed by atoms with van der Waals surface area (Å²) in [5, 5.41) is 2.04. The van der Waals surface area contributed by atoms with Crippen molar-refractivity contribution in [2.45, 2.75) is 26.3 Å². The van der Waals surface area contributed by atoms with Crippen LogP contribution in [-0.4, -0.2) is 17.9 Å². The van der Waals surface area contributed by atoms with Crippen LogP contribution >= 0.6 is 27.3 Å². The van der Waals surface area contributed by atoms with Crippen LogP contribution in [0.3, 0.4) is 0 Å². The van der Waals surface area contributed by atoms with Crippen LogP contribution in [0.5, 0.6) is 0 Å². The Bertz CT molecular complexity index is 594. The topological polar surface area (TPSA) is 20.3 Å². The van der Waals surface area contributed by atoms with Gasteiger partial charge in [-0.2, -0.15) is 0 Å². The maximum Gasteiger partial charge on any atom is 0.222 e. The van der Waals surface area contributed by atoms with Crippen LogP contribution in [0.1, 0.15) is 22.4 Å². The molecule has 0 saturated carbocycles. The maximum absolute atomic E-state index is 12.2. The number of rotatable bonds is 5. The van der Waals surface area contributed by atoms with E-state index in [-0.39, 0.29) is 5.91 Å². The van der Waals surface area contributed by atoms with Gasteiger partial charge in [0.15, 0.2) is 0 Å². The standard InChI is InChI=1S/C16H18BrNOS/c1-12-5-3-4-6-13(12)7-8-16(19)18(2)10-15-9-14(17)11-20-15/h3-6,9,11H,7-8,10H2,1-2H3. The van der Waals surface area contributed by atoms with Crippen molar-refractivity contribution in [3.8, 4) is 0 Å². The largest absolute Gasteiger partial charge is 0.341 e. The Balaban J connectivity index is 1.87. The summed E-state index contributed by atoms with van der Waals surface area (Å²) in [7, 11) is 1.87. The van der Waals surface area contributed by atoms with Crippen molar-refractivity contribution < 1.29 is 4.79 Å². The number of thiophene rings is 1. The Morgan fingerprint density at radius 2 is 2.10 bits per heavy atom. The van der Waals surface area contributed by atoms with Crippen LogP contribution in [-0.2, 0) is 17.8 Å². The molecule has 0 saturated heterocycles. The van der Waals surface area contributed by atoms with E-state index in [0.717, 1.165) is 10.9 Å². The lowest BCUT2D eigenvalue weighted by molar-refractivity contribution is -0.130. The van der Waals surface area contributed by atoms with Gasteiger partial charge in [0.05, 0.1) is 6.54 Å². The number of amides is 1. The van der Waals surface area contributed by atoms with E-state index in [1.54, 1.807) is 16.2 Å². The molecule has 2 nitrogen and oxygen atoms in total. The lowest BCUT2D eigenvalue weighted by Crippen LogP contribution is -2.26. The van der Waals surface area contributed by atoms with E-state index in [2.05, 4.69) is 41.1 Å². The number of nitrogens with zero attached hydrogens (tertiary/aromatic N) is 1. The first-order chi connectivity index (χ1) is 9.56. The van der Waals surface area contributed by atoms with Gasteiger partial charge in [-0.1, -0.05) is 24.3 Å². The molecule has 0 unspecified atom stereocenters. The average Bonchev–Trinajstić information content (AvgIpc) is 2.82. The predicted molar refractivity (Wildman–Crippen MR) is 88.0 cm³/mol. The fourth-order valence-electron chi connectivity index (χ4n) is 2.08. The van der Waals surface area contributed by atoms with Crippen molar-refractivity contribution in [2.24, 2.45) is 0 Å². The molecule has 0 bridgehead atoms. The van der Waals surface area contributed by atoms with Crippen LogP contribution in [0.25, 0.3) is 0 Å². The Morgan fingerprint density at radius 3 is 2.75 bits per heavy atom. The molecule has 0 aliphatic rings. The highest BCUT2D eigenvalue weighted by Crippen LogP contribution is 2.21. The molecule has 2 rings (SSSR count). The van der Waals surface area contributed by atoms with Crippen molar-refractivity contribution in [1.82, 2.24) is 4.90 Å². The minimum Gasteiger partial charge on any atom is -0.341 e. The number of hydrogen-bond donors (Lipinski definition) is 0. The van der Waals surface area contributed by atoms with Gasteiger partial charge < -0.3 is 4.90 Å². The molecule has 0 aliphatic carbocycles. The molecule has 0 radical (unpaired) electrons. The van der Waals surface area contributed by atoms with Crippen LogP contribution in [0.2, 0.25) is 0 Å². The molecule has 0 atom stereocenters. The van der Waals surface area contributed by atoms with Gasteiger partial charge in [-0.05, 0) is 46.5 Å². The van der Waals surface area contributed by atoms with Gasteiger partial charge in [0.1, 0.15) is 0 Å². The second-order valence-electron chi connectivity index (χ2n) is 4.91. The minimum atomic E-state index is 0.192. The normalized spacial score (nSPS) is 10.6. The fourth-order valence-corrected chi connectivity index (χ4v) is 3.59. The van der Waals surface area contributed by atoms with E-state index in [1.807, 2.05) is 24.6 Å². The molecule has 0 spiro atoms. The van der Waals surface area contributed by atoms with Gasteiger partial charge in [0.25, 0.3) is 0 Å². The van der Waals surface area contributed by atoms with Gasteiger partial charge in [0.2, 0.25) is 5.91 Å². The first-order valence-electron chi connectivity index (χ1n) is 6.57. The van der Waals surface area contributed by atoms with Crippen molar-refractivity contribution >= 4 is 33.2 Å². The van der Waals surface area contributed by atoms with E-state index in [4.69, 9.17) is 0 Å². The molecule has 0 N–H and O–H groups in total. The highest BCUT2D eigenvalue weighted by molar-refractivity contribution is 9.10. The van der Waals surface area contributed by atoms with E-state index in [0.29, 0.717) is 13.0 Å². The quantitative estimate of drug-likeness (QED) is 0.781.